The fourth-order valence-electron chi connectivity index (χ4n) is 1.91. The Labute approximate surface area is 135 Å². The third-order valence-electron chi connectivity index (χ3n) is 2.93. The highest BCUT2D eigenvalue weighted by Gasteiger charge is 2.19. The predicted molar refractivity (Wildman–Crippen MR) is 82.5 cm³/mol. The first-order valence-corrected chi connectivity index (χ1v) is 6.58. The molecule has 2 rings (SSSR count). The van der Waals surface area contributed by atoms with Crippen molar-refractivity contribution in [2.24, 2.45) is 0 Å². The maximum absolute atomic E-state index is 11.3. The molecule has 2 aromatic rings. The lowest BCUT2D eigenvalue weighted by Gasteiger charge is -2.14. The fraction of sp³-hybridized carbons (Fsp3) is 0.0667. The highest BCUT2D eigenvalue weighted by molar-refractivity contribution is 5.93. The van der Waals surface area contributed by atoms with Gasteiger partial charge < -0.3 is 20.3 Å². The number of nitrogens with one attached hydrogen (secondary N) is 1. The van der Waals surface area contributed by atoms with Crippen molar-refractivity contribution in [1.82, 2.24) is 0 Å². The van der Waals surface area contributed by atoms with E-state index in [0.29, 0.717) is 0 Å². The molecule has 3 N–H and O–H groups in total. The van der Waals surface area contributed by atoms with Gasteiger partial charge in [0.05, 0.1) is 4.92 Å². The molecule has 24 heavy (non-hydrogen) atoms. The van der Waals surface area contributed by atoms with Gasteiger partial charge in [-0.2, -0.15) is 0 Å². The first-order chi connectivity index (χ1) is 11.3. The molecule has 0 aromatic heterocycles. The number of carbonyl (C=O) groups is 2. The van der Waals surface area contributed by atoms with E-state index in [1.54, 1.807) is 0 Å². The van der Waals surface area contributed by atoms with E-state index >= 15 is 0 Å². The van der Waals surface area contributed by atoms with Crippen LogP contribution in [0.5, 0.6) is 17.2 Å². The van der Waals surface area contributed by atoms with E-state index in [9.17, 15) is 29.9 Å². The number of anilines is 1. The van der Waals surface area contributed by atoms with Crippen molar-refractivity contribution in [3.8, 4) is 17.2 Å². The van der Waals surface area contributed by atoms with Crippen LogP contribution >= 0.6 is 0 Å². The number of nitrogens with zero attached hydrogens (tertiary/aromatic N) is 1. The van der Waals surface area contributed by atoms with Crippen LogP contribution in [0, 0.1) is 10.1 Å². The Morgan fingerprint density at radius 2 is 1.92 bits per heavy atom. The molecule has 1 amide bonds. The number of rotatable bonds is 5. The van der Waals surface area contributed by atoms with Crippen molar-refractivity contribution in [1.29, 1.82) is 0 Å². The summed E-state index contributed by atoms with van der Waals surface area (Å²) in [4.78, 5) is 32.5. The quantitative estimate of drug-likeness (QED) is 0.434. The van der Waals surface area contributed by atoms with Crippen LogP contribution in [0.2, 0.25) is 0 Å². The summed E-state index contributed by atoms with van der Waals surface area (Å²) < 4.78 is 5.44. The molecule has 0 saturated heterocycles. The summed E-state index contributed by atoms with van der Waals surface area (Å²) in [5, 5.41) is 32.1. The number of phenols is 1. The Hall–Kier alpha value is -3.62. The number of para-hydroxylation sites is 1. The second-order valence-electron chi connectivity index (χ2n) is 4.68. The maximum atomic E-state index is 11.3. The van der Waals surface area contributed by atoms with Gasteiger partial charge in [-0.15, -0.1) is 0 Å². The number of hydrogen-bond acceptors (Lipinski definition) is 6. The summed E-state index contributed by atoms with van der Waals surface area (Å²) >= 11 is 0. The largest absolute Gasteiger partial charge is 0.506 e. The number of aromatic hydroxyl groups is 1. The molecule has 2 aromatic carbocycles. The van der Waals surface area contributed by atoms with Crippen LogP contribution in [0.4, 0.5) is 11.4 Å². The van der Waals surface area contributed by atoms with E-state index in [0.717, 1.165) is 18.2 Å². The zero-order valence-electron chi connectivity index (χ0n) is 12.3. The minimum absolute atomic E-state index is 0.0125. The molecule has 0 heterocycles. The van der Waals surface area contributed by atoms with E-state index in [2.05, 4.69) is 5.32 Å². The number of phenolic OH excluding ortho intramolecular Hbond substituents is 1. The Morgan fingerprint density at radius 1 is 1.21 bits per heavy atom. The third kappa shape index (κ3) is 3.58. The van der Waals surface area contributed by atoms with Crippen molar-refractivity contribution in [3.05, 3.63) is 52.1 Å². The Bertz CT molecular complexity index is 833. The average Bonchev–Trinajstić information content (AvgIpc) is 2.50. The molecule has 0 bridgehead atoms. The highest BCUT2D eigenvalue weighted by Crippen LogP contribution is 2.38. The van der Waals surface area contributed by atoms with Crippen molar-refractivity contribution in [2.45, 2.75) is 6.92 Å². The molecule has 124 valence electrons. The van der Waals surface area contributed by atoms with E-state index in [-0.39, 0.29) is 22.9 Å². The minimum Gasteiger partial charge on any atom is -0.506 e. The van der Waals surface area contributed by atoms with Crippen molar-refractivity contribution in [3.63, 3.8) is 0 Å². The van der Waals surface area contributed by atoms with Gasteiger partial charge in [-0.1, -0.05) is 6.07 Å². The lowest BCUT2D eigenvalue weighted by atomic mass is 10.1. The maximum Gasteiger partial charge on any atom is 0.339 e. The van der Waals surface area contributed by atoms with E-state index in [4.69, 9.17) is 4.74 Å². The zero-order chi connectivity index (χ0) is 17.9. The summed E-state index contributed by atoms with van der Waals surface area (Å²) in [7, 11) is 0. The van der Waals surface area contributed by atoms with Gasteiger partial charge in [-0.25, -0.2) is 4.79 Å². The lowest BCUT2D eigenvalue weighted by Crippen LogP contribution is -2.08. The van der Waals surface area contributed by atoms with Crippen LogP contribution in [-0.2, 0) is 4.79 Å². The van der Waals surface area contributed by atoms with E-state index in [1.807, 2.05) is 0 Å². The van der Waals surface area contributed by atoms with Gasteiger partial charge in [-0.3, -0.25) is 14.9 Å². The zero-order valence-corrected chi connectivity index (χ0v) is 12.3. The Morgan fingerprint density at radius 3 is 2.50 bits per heavy atom. The van der Waals surface area contributed by atoms with Crippen molar-refractivity contribution >= 4 is 23.3 Å². The molecule has 0 unspecified atom stereocenters. The van der Waals surface area contributed by atoms with Gasteiger partial charge >= 0.3 is 5.97 Å². The number of non-ortho nitro benzene ring substituents is 1. The number of nitro benzene ring substituents is 1. The third-order valence-corrected chi connectivity index (χ3v) is 2.93. The summed E-state index contributed by atoms with van der Waals surface area (Å²) in [6, 6.07) is 7.22. The number of nitro groups is 1. The number of ether oxygens (including phenoxy) is 1. The normalized spacial score (nSPS) is 10.0. The second-order valence-corrected chi connectivity index (χ2v) is 4.68. The average molecular weight is 332 g/mol. The molecular weight excluding hydrogens is 320 g/mol. The fourth-order valence-corrected chi connectivity index (χ4v) is 1.91. The topological polar surface area (TPSA) is 139 Å². The Kier molecular flexibility index (Phi) is 4.64. The van der Waals surface area contributed by atoms with Crippen molar-refractivity contribution in [2.75, 3.05) is 5.32 Å². The monoisotopic (exact) mass is 332 g/mol. The van der Waals surface area contributed by atoms with Gasteiger partial charge in [0, 0.05) is 19.1 Å². The molecule has 0 radical (unpaired) electrons. The second kappa shape index (κ2) is 6.65. The van der Waals surface area contributed by atoms with Crippen LogP contribution in [0.15, 0.2) is 36.4 Å². The number of hydrogen-bond donors (Lipinski definition) is 3. The number of carbonyl (C=O) groups excluding carboxylic acids is 1. The molecule has 0 aliphatic carbocycles. The molecule has 0 aliphatic rings. The summed E-state index contributed by atoms with van der Waals surface area (Å²) in [5.74, 6) is -2.35. The summed E-state index contributed by atoms with van der Waals surface area (Å²) in [6.45, 7) is 1.23. The first kappa shape index (κ1) is 16.7. The van der Waals surface area contributed by atoms with Crippen molar-refractivity contribution < 1.29 is 29.5 Å². The molecule has 0 fully saturated rings. The van der Waals surface area contributed by atoms with E-state index in [1.165, 1.54) is 25.1 Å². The van der Waals surface area contributed by atoms with Gasteiger partial charge in [0.1, 0.15) is 22.7 Å². The number of aromatic carboxylic acids is 1. The molecule has 9 heteroatoms. The molecule has 0 atom stereocenters. The molecule has 0 saturated carbocycles. The number of carboxylic acid groups (broad SMARTS) is 1. The minimum atomic E-state index is -1.42. The SMILES string of the molecule is CC(=O)Nc1c(O)cccc1Oc1ccc([N+](=O)[O-])cc1C(=O)O. The van der Waals surface area contributed by atoms with Crippen LogP contribution in [-0.4, -0.2) is 27.0 Å². The number of amides is 1. The molecule has 0 spiro atoms. The van der Waals surface area contributed by atoms with Crippen LogP contribution in [0.3, 0.4) is 0 Å². The Balaban J connectivity index is 2.48. The van der Waals surface area contributed by atoms with Gasteiger partial charge in [-0.05, 0) is 18.2 Å². The molecule has 9 nitrogen and oxygen atoms in total. The summed E-state index contributed by atoms with van der Waals surface area (Å²) in [5.41, 5.74) is -0.876. The number of benzene rings is 2. The predicted octanol–water partition coefficient (Wildman–Crippen LogP) is 2.75. The van der Waals surface area contributed by atoms with Crippen LogP contribution in [0.1, 0.15) is 17.3 Å². The van der Waals surface area contributed by atoms with Gasteiger partial charge in [0.15, 0.2) is 5.75 Å². The molecular formula is C15H12N2O7. The number of carboxylic acids is 1. The van der Waals surface area contributed by atoms with Crippen LogP contribution in [0.25, 0.3) is 0 Å². The van der Waals surface area contributed by atoms with Crippen LogP contribution < -0.4 is 10.1 Å². The smallest absolute Gasteiger partial charge is 0.339 e. The highest BCUT2D eigenvalue weighted by atomic mass is 16.6. The van der Waals surface area contributed by atoms with Gasteiger partial charge in [0.25, 0.3) is 5.69 Å². The summed E-state index contributed by atoms with van der Waals surface area (Å²) in [6.07, 6.45) is 0. The lowest BCUT2D eigenvalue weighted by molar-refractivity contribution is -0.384. The molecule has 0 aliphatic heterocycles. The van der Waals surface area contributed by atoms with Gasteiger partial charge in [0.2, 0.25) is 5.91 Å². The van der Waals surface area contributed by atoms with E-state index < -0.39 is 28.1 Å². The first-order valence-electron chi connectivity index (χ1n) is 6.58. The standard InChI is InChI=1S/C15H12N2O7/c1-8(18)16-14-11(19)3-2-4-13(14)24-12-6-5-9(17(22)23)7-10(12)15(20)21/h2-7,19H,1H3,(H,16,18)(H,20,21).